The van der Waals surface area contributed by atoms with Crippen LogP contribution in [0.25, 0.3) is 11.1 Å². The molecule has 0 aliphatic rings. The van der Waals surface area contributed by atoms with Crippen LogP contribution in [-0.2, 0) is 15.3 Å². The van der Waals surface area contributed by atoms with Crippen LogP contribution in [0.15, 0.2) is 72.8 Å². The molecule has 0 saturated heterocycles. The third kappa shape index (κ3) is 10.4. The van der Waals surface area contributed by atoms with E-state index in [-0.39, 0.29) is 5.97 Å². The van der Waals surface area contributed by atoms with E-state index in [1.165, 1.54) is 25.8 Å². The Morgan fingerprint density at radius 2 is 1.20 bits per heavy atom. The van der Waals surface area contributed by atoms with Gasteiger partial charge < -0.3 is 18.3 Å². The fraction of sp³-hybridized carbons (Fsp3) is 0.375. The molecule has 0 spiro atoms. The summed E-state index contributed by atoms with van der Waals surface area (Å²) in [6.45, 7) is 12.9. The lowest BCUT2D eigenvalue weighted by Crippen LogP contribution is -2.44. The van der Waals surface area contributed by atoms with Crippen molar-refractivity contribution < 1.29 is 27.9 Å². The summed E-state index contributed by atoms with van der Waals surface area (Å²) in [4.78, 5) is 23.7. The Labute approximate surface area is 240 Å². The van der Waals surface area contributed by atoms with E-state index in [4.69, 9.17) is 18.3 Å². The highest BCUT2D eigenvalue weighted by Gasteiger charge is 2.32. The molecule has 0 unspecified atom stereocenters. The van der Waals surface area contributed by atoms with Crippen molar-refractivity contribution in [2.75, 3.05) is 0 Å². The minimum Gasteiger partial charge on any atom is -0.455 e. The van der Waals surface area contributed by atoms with Gasteiger partial charge in [0.25, 0.3) is 0 Å². The number of benzene rings is 3. The van der Waals surface area contributed by atoms with E-state index in [2.05, 4.69) is 33.1 Å². The molecule has 3 rings (SSSR count). The van der Waals surface area contributed by atoms with Crippen LogP contribution in [0.4, 0.5) is 4.79 Å². The van der Waals surface area contributed by atoms with Crippen molar-refractivity contribution in [3.8, 4) is 28.4 Å². The maximum absolute atomic E-state index is 12.6. The summed E-state index contributed by atoms with van der Waals surface area (Å²) in [7, 11) is -3.40. The van der Waals surface area contributed by atoms with Crippen molar-refractivity contribution in [2.45, 2.75) is 77.8 Å². The lowest BCUT2D eigenvalue weighted by atomic mass is 10.1. The molecule has 0 amide bonds. The van der Waals surface area contributed by atoms with Gasteiger partial charge in [0.05, 0.1) is 0 Å². The molecule has 40 heavy (non-hydrogen) atoms. The second-order valence-electron chi connectivity index (χ2n) is 11.3. The summed E-state index contributed by atoms with van der Waals surface area (Å²) in [6, 6.07) is 24.3. The number of hydrogen-bond donors (Lipinski definition) is 0. The highest BCUT2D eigenvalue weighted by molar-refractivity contribution is 6.84. The lowest BCUT2D eigenvalue weighted by Gasteiger charge is -2.34. The number of hydrogen-bond acceptors (Lipinski definition) is 6. The Hall–Kier alpha value is -3.21. The predicted octanol–water partition coefficient (Wildman–Crippen LogP) is 9.02. The van der Waals surface area contributed by atoms with Gasteiger partial charge in [-0.1, -0.05) is 62.2 Å². The fourth-order valence-electron chi connectivity index (χ4n) is 4.77. The monoisotopic (exact) mass is 578 g/mol. The summed E-state index contributed by atoms with van der Waals surface area (Å²) in [6.07, 6.45) is 3.47. The maximum atomic E-state index is 12.6. The molecular formula is C32H42O6Si2. The van der Waals surface area contributed by atoms with Gasteiger partial charge in [-0.2, -0.15) is 0 Å². The van der Waals surface area contributed by atoms with Crippen LogP contribution in [0.1, 0.15) is 38.7 Å². The second-order valence-corrected chi connectivity index (χ2v) is 20.1. The third-order valence-corrected chi connectivity index (χ3v) is 14.1. The van der Waals surface area contributed by atoms with Gasteiger partial charge in [0.2, 0.25) is 0 Å². The molecule has 8 heteroatoms. The first-order valence-corrected chi connectivity index (χ1v) is 20.3. The van der Waals surface area contributed by atoms with Gasteiger partial charge in [-0.25, -0.2) is 4.79 Å². The summed E-state index contributed by atoms with van der Waals surface area (Å²) >= 11 is 0. The summed E-state index contributed by atoms with van der Waals surface area (Å²) < 4.78 is 22.9. The van der Waals surface area contributed by atoms with Crippen molar-refractivity contribution >= 4 is 28.8 Å². The van der Waals surface area contributed by atoms with E-state index in [9.17, 15) is 9.59 Å². The quantitative estimate of drug-likeness (QED) is 0.0872. The number of carbonyl (C=O) groups excluding carboxylic acids is 2. The highest BCUT2D eigenvalue weighted by atomic mass is 28.4. The van der Waals surface area contributed by atoms with E-state index in [1.807, 2.05) is 42.5 Å². The van der Waals surface area contributed by atoms with E-state index < -0.39 is 22.8 Å². The number of aryl methyl sites for hydroxylation is 1. The third-order valence-electron chi connectivity index (χ3n) is 6.58. The van der Waals surface area contributed by atoms with Crippen LogP contribution in [0.2, 0.25) is 38.3 Å². The minimum atomic E-state index is -1.77. The Balaban J connectivity index is 1.53. The molecule has 0 fully saturated rings. The number of carbonyl (C=O) groups is 2. The number of unbranched alkanes of at least 4 members (excludes halogenated alkanes) is 1. The summed E-state index contributed by atoms with van der Waals surface area (Å²) in [5.74, 6) is 1.05. The standard InChI is InChI=1S/C32H42O6Si2/c1-7-8-23-39(3,4)38-40(5,6)24-11-13-28-12-9-10-14-31(28)37-32(34)36-30-21-17-27(18-22-30)26-15-19-29(20-16-26)35-25(2)33/h9-10,12,14-22H,7-8,11,13,23-24H2,1-6H3. The smallest absolute Gasteiger partial charge is 0.455 e. The number of ether oxygens (including phenoxy) is 3. The zero-order chi connectivity index (χ0) is 29.2. The number of rotatable bonds is 13. The molecule has 3 aromatic rings. The maximum Gasteiger partial charge on any atom is 0.519 e. The summed E-state index contributed by atoms with van der Waals surface area (Å²) in [5.41, 5.74) is 2.87. The van der Waals surface area contributed by atoms with Crippen molar-refractivity contribution in [1.29, 1.82) is 0 Å². The fourth-order valence-corrected chi connectivity index (χ4v) is 13.8. The molecule has 6 nitrogen and oxygen atoms in total. The SMILES string of the molecule is CCCC[Si](C)(C)O[Si](C)(C)CCCc1ccccc1OC(=O)Oc1ccc(-c2ccc(OC(C)=O)cc2)cc1. The zero-order valence-corrected chi connectivity index (χ0v) is 26.6. The second kappa shape index (κ2) is 14.4. The molecule has 3 aromatic carbocycles. The molecule has 0 radical (unpaired) electrons. The van der Waals surface area contributed by atoms with Crippen molar-refractivity contribution in [3.05, 3.63) is 78.4 Å². The number of esters is 1. The van der Waals surface area contributed by atoms with Gasteiger partial charge in [-0.15, -0.1) is 0 Å². The van der Waals surface area contributed by atoms with Crippen LogP contribution in [0.5, 0.6) is 17.2 Å². The summed E-state index contributed by atoms with van der Waals surface area (Å²) in [5, 5.41) is 0. The molecule has 0 aromatic heterocycles. The van der Waals surface area contributed by atoms with Crippen LogP contribution in [0.3, 0.4) is 0 Å². The first kappa shape index (κ1) is 31.3. The van der Waals surface area contributed by atoms with Gasteiger partial charge in [-0.05, 0) is 98.1 Å². The van der Waals surface area contributed by atoms with Crippen LogP contribution in [0, 0.1) is 0 Å². The van der Waals surface area contributed by atoms with Crippen molar-refractivity contribution in [3.63, 3.8) is 0 Å². The molecule has 0 aliphatic heterocycles. The van der Waals surface area contributed by atoms with Gasteiger partial charge in [-0.3, -0.25) is 4.79 Å². The normalized spacial score (nSPS) is 11.7. The first-order chi connectivity index (χ1) is 19.0. The molecule has 214 valence electrons. The number of para-hydroxylation sites is 1. The van der Waals surface area contributed by atoms with Gasteiger partial charge in [0.1, 0.15) is 17.2 Å². The highest BCUT2D eigenvalue weighted by Crippen LogP contribution is 2.28. The van der Waals surface area contributed by atoms with Gasteiger partial charge in [0.15, 0.2) is 16.6 Å². The van der Waals surface area contributed by atoms with Crippen molar-refractivity contribution in [1.82, 2.24) is 0 Å². The molecule has 0 atom stereocenters. The predicted molar refractivity (Wildman–Crippen MR) is 165 cm³/mol. The van der Waals surface area contributed by atoms with Crippen LogP contribution < -0.4 is 14.2 Å². The van der Waals surface area contributed by atoms with Gasteiger partial charge >= 0.3 is 12.1 Å². The van der Waals surface area contributed by atoms with Crippen LogP contribution in [-0.4, -0.2) is 28.8 Å². The average molecular weight is 579 g/mol. The Bertz CT molecular complexity index is 1250. The van der Waals surface area contributed by atoms with E-state index >= 15 is 0 Å². The topological polar surface area (TPSA) is 71.1 Å². The first-order valence-electron chi connectivity index (χ1n) is 14.0. The van der Waals surface area contributed by atoms with Crippen LogP contribution >= 0.6 is 0 Å². The molecule has 0 bridgehead atoms. The molecule has 0 aliphatic carbocycles. The molecule has 0 N–H and O–H groups in total. The Morgan fingerprint density at radius 1 is 0.675 bits per heavy atom. The van der Waals surface area contributed by atoms with E-state index in [0.29, 0.717) is 17.2 Å². The molecule has 0 heterocycles. The molecular weight excluding hydrogens is 537 g/mol. The van der Waals surface area contributed by atoms with E-state index in [1.54, 1.807) is 30.3 Å². The van der Waals surface area contributed by atoms with Gasteiger partial charge in [0, 0.05) is 6.92 Å². The Morgan fingerprint density at radius 3 is 1.75 bits per heavy atom. The lowest BCUT2D eigenvalue weighted by molar-refractivity contribution is -0.131. The largest absolute Gasteiger partial charge is 0.519 e. The zero-order valence-electron chi connectivity index (χ0n) is 24.6. The Kier molecular flexibility index (Phi) is 11.3. The van der Waals surface area contributed by atoms with Crippen molar-refractivity contribution in [2.24, 2.45) is 0 Å². The molecule has 0 saturated carbocycles. The minimum absolute atomic E-state index is 0.359. The van der Waals surface area contributed by atoms with E-state index in [0.717, 1.165) is 35.6 Å². The average Bonchev–Trinajstić information content (AvgIpc) is 2.88.